The second-order valence-electron chi connectivity index (χ2n) is 9.24. The molecule has 39 heavy (non-hydrogen) atoms. The third-order valence-corrected chi connectivity index (χ3v) is 17.3. The van der Waals surface area contributed by atoms with Crippen LogP contribution in [0, 0.1) is 0 Å². The Kier molecular flexibility index (Phi) is 8.91. The van der Waals surface area contributed by atoms with Crippen LogP contribution in [0.15, 0.2) is 91.0 Å². The summed E-state index contributed by atoms with van der Waals surface area (Å²) in [4.78, 5) is 51.2. The van der Waals surface area contributed by atoms with Gasteiger partial charge in [-0.3, -0.25) is 0 Å². The number of benzene rings is 3. The summed E-state index contributed by atoms with van der Waals surface area (Å²) in [7, 11) is 0. The molecule has 3 aromatic rings. The molecule has 0 spiro atoms. The van der Waals surface area contributed by atoms with Crippen LogP contribution >= 0.6 is 32.6 Å². The molecule has 1 heterocycles. The zero-order valence-corrected chi connectivity index (χ0v) is 24.3. The van der Waals surface area contributed by atoms with Crippen LogP contribution in [0.25, 0.3) is 0 Å². The maximum atomic E-state index is 13.7. The van der Waals surface area contributed by atoms with Crippen molar-refractivity contribution in [3.63, 3.8) is 0 Å². The molecule has 0 bridgehead atoms. The predicted molar refractivity (Wildman–Crippen MR) is 160 cm³/mol. The van der Waals surface area contributed by atoms with Gasteiger partial charge in [0, 0.05) is 0 Å². The second-order valence-corrected chi connectivity index (χ2v) is 19.4. The average Bonchev–Trinajstić information content (AvgIpc) is 3.23. The van der Waals surface area contributed by atoms with Gasteiger partial charge in [0.2, 0.25) is 0 Å². The molecule has 4 N–H and O–H groups in total. The molecular weight excluding hydrogens is 601 g/mol. The first kappa shape index (κ1) is 29.0. The summed E-state index contributed by atoms with van der Waals surface area (Å²) in [6, 6.07) is 28.7. The minimum absolute atomic E-state index is 0.00910. The molecule has 3 aromatic carbocycles. The van der Waals surface area contributed by atoms with Crippen molar-refractivity contribution in [2.45, 2.75) is 17.7 Å². The van der Waals surface area contributed by atoms with Crippen molar-refractivity contribution in [3.8, 4) is 0 Å². The van der Waals surface area contributed by atoms with E-state index in [0.29, 0.717) is 0 Å². The van der Waals surface area contributed by atoms with Gasteiger partial charge in [-0.25, -0.2) is 0 Å². The minimum atomic E-state index is -3.57. The molecule has 11 heteroatoms. The SMILES string of the molecule is NC(CSC1CC(=O)N(CP(Br)(c2ccccc2)(c2ccccc2)c2ccccc2)C1=O)C(=O)NCC(=O)O. The van der Waals surface area contributed by atoms with Crippen molar-refractivity contribution >= 4 is 72.2 Å². The van der Waals surface area contributed by atoms with Crippen LogP contribution in [-0.4, -0.2) is 63.6 Å². The van der Waals surface area contributed by atoms with Gasteiger partial charge in [0.15, 0.2) is 0 Å². The Morgan fingerprint density at radius 1 is 0.949 bits per heavy atom. The van der Waals surface area contributed by atoms with E-state index < -0.39 is 35.0 Å². The number of imide groups is 1. The third kappa shape index (κ3) is 5.79. The molecule has 3 amide bonds. The average molecular weight is 631 g/mol. The van der Waals surface area contributed by atoms with Crippen molar-refractivity contribution in [3.05, 3.63) is 91.0 Å². The molecule has 2 atom stereocenters. The molecule has 8 nitrogen and oxygen atoms in total. The Labute approximate surface area is 239 Å². The van der Waals surface area contributed by atoms with E-state index >= 15 is 0 Å². The van der Waals surface area contributed by atoms with E-state index in [-0.39, 0.29) is 30.3 Å². The zero-order chi connectivity index (χ0) is 28.1. The van der Waals surface area contributed by atoms with Crippen molar-refractivity contribution in [1.29, 1.82) is 0 Å². The summed E-state index contributed by atoms with van der Waals surface area (Å²) >= 11 is 5.41. The maximum absolute atomic E-state index is 13.7. The van der Waals surface area contributed by atoms with Crippen LogP contribution < -0.4 is 27.0 Å². The van der Waals surface area contributed by atoms with Crippen LogP contribution in [0.1, 0.15) is 6.42 Å². The first-order chi connectivity index (χ1) is 18.6. The number of hydrogen-bond acceptors (Lipinski definition) is 6. The number of carbonyl (C=O) groups excluding carboxylic acids is 3. The summed E-state index contributed by atoms with van der Waals surface area (Å²) in [5.74, 6) is -2.36. The first-order valence-corrected chi connectivity index (χ1v) is 17.7. The number of carboxylic acids is 1. The van der Waals surface area contributed by atoms with E-state index in [2.05, 4.69) is 20.8 Å². The number of nitrogens with zero attached hydrogens (tertiary/aromatic N) is 1. The zero-order valence-electron chi connectivity index (χ0n) is 21.0. The first-order valence-electron chi connectivity index (χ1n) is 12.3. The Morgan fingerprint density at radius 2 is 1.41 bits per heavy atom. The number of hydrogen-bond donors (Lipinski definition) is 3. The van der Waals surface area contributed by atoms with E-state index in [1.807, 2.05) is 91.0 Å². The van der Waals surface area contributed by atoms with Crippen molar-refractivity contribution in [1.82, 2.24) is 10.2 Å². The molecule has 1 saturated heterocycles. The number of amides is 3. The Morgan fingerprint density at radius 3 is 1.85 bits per heavy atom. The van der Waals surface area contributed by atoms with E-state index in [4.69, 9.17) is 10.8 Å². The van der Waals surface area contributed by atoms with Gasteiger partial charge in [0.25, 0.3) is 0 Å². The molecule has 0 radical (unpaired) electrons. The summed E-state index contributed by atoms with van der Waals surface area (Å²) < 4.78 is 0. The fourth-order valence-corrected chi connectivity index (χ4v) is 13.2. The number of nitrogens with one attached hydrogen (secondary N) is 1. The molecular formula is C28H29BrN3O5PS. The van der Waals surface area contributed by atoms with Gasteiger partial charge in [-0.1, -0.05) is 0 Å². The number of halogens is 1. The summed E-state index contributed by atoms with van der Waals surface area (Å²) in [5.41, 5.74) is 5.91. The van der Waals surface area contributed by atoms with E-state index in [0.717, 1.165) is 27.7 Å². The van der Waals surface area contributed by atoms with Gasteiger partial charge in [0.1, 0.15) is 0 Å². The Balaban J connectivity index is 1.68. The van der Waals surface area contributed by atoms with Crippen molar-refractivity contribution in [2.75, 3.05) is 18.6 Å². The monoisotopic (exact) mass is 629 g/mol. The van der Waals surface area contributed by atoms with E-state index in [1.165, 1.54) is 4.90 Å². The van der Waals surface area contributed by atoms with Gasteiger partial charge in [-0.15, -0.1) is 0 Å². The van der Waals surface area contributed by atoms with Crippen molar-refractivity contribution < 1.29 is 24.3 Å². The van der Waals surface area contributed by atoms with Crippen LogP contribution in [0.3, 0.4) is 0 Å². The summed E-state index contributed by atoms with van der Waals surface area (Å²) in [6.07, 6.45) is 0.119. The molecule has 2 unspecified atom stereocenters. The van der Waals surface area contributed by atoms with Crippen LogP contribution in [0.2, 0.25) is 0 Å². The van der Waals surface area contributed by atoms with Crippen LogP contribution in [-0.2, 0) is 19.2 Å². The van der Waals surface area contributed by atoms with Gasteiger partial charge in [-0.2, -0.15) is 0 Å². The molecule has 1 aliphatic heterocycles. The molecule has 0 saturated carbocycles. The third-order valence-electron chi connectivity index (χ3n) is 6.72. The van der Waals surface area contributed by atoms with Gasteiger partial charge < -0.3 is 0 Å². The Bertz CT molecular complexity index is 1260. The van der Waals surface area contributed by atoms with Crippen LogP contribution in [0.5, 0.6) is 0 Å². The van der Waals surface area contributed by atoms with Gasteiger partial charge >= 0.3 is 240 Å². The summed E-state index contributed by atoms with van der Waals surface area (Å²) in [5, 5.41) is 9.67. The number of thioether (sulfide) groups is 1. The molecule has 4 rings (SSSR count). The summed E-state index contributed by atoms with van der Waals surface area (Å²) in [6.45, 7) is -0.539. The topological polar surface area (TPSA) is 130 Å². The second kappa shape index (κ2) is 12.0. The Hall–Kier alpha value is -3.04. The number of aliphatic carboxylic acids is 1. The number of likely N-dealkylation sites (tertiary alicyclic amines) is 1. The fraction of sp³-hybridized carbons (Fsp3) is 0.214. The normalized spacial score (nSPS) is 17.3. The molecule has 1 aliphatic rings. The van der Waals surface area contributed by atoms with Gasteiger partial charge in [-0.05, 0) is 0 Å². The fourth-order valence-electron chi connectivity index (χ4n) is 4.70. The number of nitrogens with two attached hydrogens (primary N) is 1. The van der Waals surface area contributed by atoms with Crippen molar-refractivity contribution in [2.24, 2.45) is 5.73 Å². The van der Waals surface area contributed by atoms with E-state index in [9.17, 15) is 19.2 Å². The quantitative estimate of drug-likeness (QED) is 0.219. The number of carbonyl (C=O) groups is 4. The standard InChI is InChI=1S/C28H29BrN3O5PS/c29-38(20-10-4-1-5-11-20,21-12-6-2-7-13-21,22-14-8-3-9-15-22)19-32-25(33)16-24(28(32)37)39-18-23(30)27(36)31-17-26(34)35/h1-15,23-24H,16-19,30H2,(H,31,36)(H,34,35). The van der Waals surface area contributed by atoms with Crippen LogP contribution in [0.4, 0.5) is 0 Å². The number of rotatable bonds is 11. The number of carboxylic acid groups (broad SMARTS) is 1. The molecule has 1 fully saturated rings. The molecule has 204 valence electrons. The molecule has 0 aromatic heterocycles. The predicted octanol–water partition coefficient (Wildman–Crippen LogP) is 2.17. The van der Waals surface area contributed by atoms with Gasteiger partial charge in [0.05, 0.1) is 0 Å². The molecule has 0 aliphatic carbocycles. The van der Waals surface area contributed by atoms with E-state index in [1.54, 1.807) is 0 Å².